The normalized spacial score (nSPS) is 9.80. The molecule has 1 heterocycles. The van der Waals surface area contributed by atoms with Crippen LogP contribution in [0.3, 0.4) is 0 Å². The van der Waals surface area contributed by atoms with E-state index < -0.39 is 0 Å². The molecular formula is C7H9NO2. The molecular weight excluding hydrogens is 130 g/mol. The van der Waals surface area contributed by atoms with Gasteiger partial charge in [-0.1, -0.05) is 5.16 Å². The molecule has 0 bridgehead atoms. The van der Waals surface area contributed by atoms with Crippen molar-refractivity contribution >= 4 is 5.78 Å². The molecule has 0 saturated carbocycles. The highest BCUT2D eigenvalue weighted by atomic mass is 16.5. The van der Waals surface area contributed by atoms with Gasteiger partial charge in [-0.15, -0.1) is 0 Å². The highest BCUT2D eigenvalue weighted by Crippen LogP contribution is 2.06. The van der Waals surface area contributed by atoms with Gasteiger partial charge in [-0.3, -0.25) is 4.79 Å². The molecule has 0 amide bonds. The Kier molecular flexibility index (Phi) is 1.85. The SMILES string of the molecule is CC(=O)Cc1cnoc1C. The van der Waals surface area contributed by atoms with Gasteiger partial charge in [0.15, 0.2) is 0 Å². The second-order valence-corrected chi connectivity index (χ2v) is 2.29. The standard InChI is InChI=1S/C7H9NO2/c1-5(9)3-7-4-8-10-6(7)2/h4H,3H2,1-2H3. The summed E-state index contributed by atoms with van der Waals surface area (Å²) in [6.45, 7) is 3.34. The minimum Gasteiger partial charge on any atom is -0.361 e. The minimum absolute atomic E-state index is 0.131. The Morgan fingerprint density at radius 2 is 2.50 bits per heavy atom. The maximum atomic E-state index is 10.6. The summed E-state index contributed by atoms with van der Waals surface area (Å²) in [6.07, 6.45) is 2.01. The summed E-state index contributed by atoms with van der Waals surface area (Å²) >= 11 is 0. The van der Waals surface area contributed by atoms with E-state index in [0.717, 1.165) is 11.3 Å². The number of ketones is 1. The Bertz CT molecular complexity index is 240. The van der Waals surface area contributed by atoms with E-state index in [1.165, 1.54) is 0 Å². The van der Waals surface area contributed by atoms with Gasteiger partial charge in [0, 0.05) is 12.0 Å². The van der Waals surface area contributed by atoms with Gasteiger partial charge in [0.1, 0.15) is 11.5 Å². The Morgan fingerprint density at radius 3 is 2.90 bits per heavy atom. The first-order valence-corrected chi connectivity index (χ1v) is 3.09. The van der Waals surface area contributed by atoms with Crippen LogP contribution in [0.2, 0.25) is 0 Å². The fourth-order valence-electron chi connectivity index (χ4n) is 0.757. The number of aromatic nitrogens is 1. The minimum atomic E-state index is 0.131. The van der Waals surface area contributed by atoms with Gasteiger partial charge in [-0.05, 0) is 13.8 Å². The molecule has 54 valence electrons. The van der Waals surface area contributed by atoms with Crippen LogP contribution in [-0.2, 0) is 11.2 Å². The van der Waals surface area contributed by atoms with Crippen LogP contribution in [0.25, 0.3) is 0 Å². The fourth-order valence-corrected chi connectivity index (χ4v) is 0.757. The number of rotatable bonds is 2. The molecule has 0 aliphatic rings. The van der Waals surface area contributed by atoms with Crippen LogP contribution >= 0.6 is 0 Å². The lowest BCUT2D eigenvalue weighted by atomic mass is 10.1. The predicted molar refractivity (Wildman–Crippen MR) is 35.6 cm³/mol. The molecule has 0 radical (unpaired) electrons. The van der Waals surface area contributed by atoms with Crippen LogP contribution in [0.4, 0.5) is 0 Å². The molecule has 0 unspecified atom stereocenters. The first-order valence-electron chi connectivity index (χ1n) is 3.09. The summed E-state index contributed by atoms with van der Waals surface area (Å²) in [4.78, 5) is 10.6. The van der Waals surface area contributed by atoms with Gasteiger partial charge >= 0.3 is 0 Å². The lowest BCUT2D eigenvalue weighted by Gasteiger charge is -1.88. The first-order chi connectivity index (χ1) is 4.70. The van der Waals surface area contributed by atoms with Crippen LogP contribution in [0, 0.1) is 6.92 Å². The topological polar surface area (TPSA) is 43.1 Å². The highest BCUT2D eigenvalue weighted by molar-refractivity contribution is 5.78. The highest BCUT2D eigenvalue weighted by Gasteiger charge is 2.04. The molecule has 1 rings (SSSR count). The van der Waals surface area contributed by atoms with Crippen LogP contribution < -0.4 is 0 Å². The van der Waals surface area contributed by atoms with E-state index in [4.69, 9.17) is 4.52 Å². The third kappa shape index (κ3) is 1.43. The van der Waals surface area contributed by atoms with E-state index in [0.29, 0.717) is 6.42 Å². The number of carbonyl (C=O) groups excluding carboxylic acids is 1. The van der Waals surface area contributed by atoms with E-state index >= 15 is 0 Å². The third-order valence-electron chi connectivity index (χ3n) is 1.29. The van der Waals surface area contributed by atoms with Crippen molar-refractivity contribution in [3.63, 3.8) is 0 Å². The molecule has 0 aromatic carbocycles. The molecule has 0 aliphatic carbocycles. The van der Waals surface area contributed by atoms with Crippen LogP contribution in [0.15, 0.2) is 10.7 Å². The smallest absolute Gasteiger partial charge is 0.137 e. The van der Waals surface area contributed by atoms with Gasteiger partial charge < -0.3 is 4.52 Å². The summed E-state index contributed by atoms with van der Waals surface area (Å²) in [5.74, 6) is 0.863. The van der Waals surface area contributed by atoms with Crippen molar-refractivity contribution in [3.8, 4) is 0 Å². The molecule has 0 N–H and O–H groups in total. The van der Waals surface area contributed by atoms with Crippen LogP contribution in [-0.4, -0.2) is 10.9 Å². The molecule has 0 fully saturated rings. The van der Waals surface area contributed by atoms with Crippen molar-refractivity contribution in [1.29, 1.82) is 0 Å². The van der Waals surface area contributed by atoms with E-state index in [1.807, 2.05) is 0 Å². The fraction of sp³-hybridized carbons (Fsp3) is 0.429. The Hall–Kier alpha value is -1.12. The number of hydrogen-bond acceptors (Lipinski definition) is 3. The third-order valence-corrected chi connectivity index (χ3v) is 1.29. The summed E-state index contributed by atoms with van der Waals surface area (Å²) in [6, 6.07) is 0. The molecule has 1 aromatic rings. The molecule has 1 aromatic heterocycles. The van der Waals surface area contributed by atoms with E-state index in [-0.39, 0.29) is 5.78 Å². The zero-order valence-corrected chi connectivity index (χ0v) is 6.05. The quantitative estimate of drug-likeness (QED) is 0.616. The summed E-state index contributed by atoms with van der Waals surface area (Å²) in [5, 5.41) is 3.55. The van der Waals surface area contributed by atoms with E-state index in [2.05, 4.69) is 5.16 Å². The second-order valence-electron chi connectivity index (χ2n) is 2.29. The molecule has 3 nitrogen and oxygen atoms in total. The molecule has 3 heteroatoms. The maximum Gasteiger partial charge on any atom is 0.137 e. The van der Waals surface area contributed by atoms with Crippen molar-refractivity contribution in [2.45, 2.75) is 20.3 Å². The van der Waals surface area contributed by atoms with E-state index in [9.17, 15) is 4.79 Å². The number of Topliss-reactive ketones (excluding diaryl/α,β-unsaturated/α-hetero) is 1. The molecule has 0 spiro atoms. The number of carbonyl (C=O) groups is 1. The lowest BCUT2D eigenvalue weighted by Crippen LogP contribution is -1.95. The van der Waals surface area contributed by atoms with E-state index in [1.54, 1.807) is 20.0 Å². The number of aryl methyl sites for hydroxylation is 1. The second kappa shape index (κ2) is 2.64. The molecule has 0 atom stereocenters. The summed E-state index contributed by atoms with van der Waals surface area (Å²) in [5.41, 5.74) is 0.882. The van der Waals surface area contributed by atoms with Gasteiger partial charge in [-0.25, -0.2) is 0 Å². The maximum absolute atomic E-state index is 10.6. The van der Waals surface area contributed by atoms with Crippen molar-refractivity contribution < 1.29 is 9.32 Å². The van der Waals surface area contributed by atoms with Gasteiger partial charge in [-0.2, -0.15) is 0 Å². The number of nitrogens with zero attached hydrogens (tertiary/aromatic N) is 1. The zero-order chi connectivity index (χ0) is 7.56. The zero-order valence-electron chi connectivity index (χ0n) is 6.05. The molecule has 0 aliphatic heterocycles. The largest absolute Gasteiger partial charge is 0.361 e. The Labute approximate surface area is 59.0 Å². The van der Waals surface area contributed by atoms with Crippen molar-refractivity contribution in [2.75, 3.05) is 0 Å². The van der Waals surface area contributed by atoms with Crippen LogP contribution in [0.1, 0.15) is 18.2 Å². The first kappa shape index (κ1) is 6.99. The van der Waals surface area contributed by atoms with Gasteiger partial charge in [0.05, 0.1) is 6.20 Å². The Balaban J connectivity index is 2.74. The molecule has 10 heavy (non-hydrogen) atoms. The Morgan fingerprint density at radius 1 is 1.80 bits per heavy atom. The molecule has 0 saturated heterocycles. The monoisotopic (exact) mass is 139 g/mol. The summed E-state index contributed by atoms with van der Waals surface area (Å²) in [7, 11) is 0. The van der Waals surface area contributed by atoms with Gasteiger partial charge in [0.2, 0.25) is 0 Å². The van der Waals surface area contributed by atoms with Crippen molar-refractivity contribution in [3.05, 3.63) is 17.5 Å². The average Bonchev–Trinajstić information content (AvgIpc) is 2.15. The van der Waals surface area contributed by atoms with Crippen molar-refractivity contribution in [2.24, 2.45) is 0 Å². The van der Waals surface area contributed by atoms with Crippen LogP contribution in [0.5, 0.6) is 0 Å². The van der Waals surface area contributed by atoms with Gasteiger partial charge in [0.25, 0.3) is 0 Å². The summed E-state index contributed by atoms with van der Waals surface area (Å²) < 4.78 is 4.76. The lowest BCUT2D eigenvalue weighted by molar-refractivity contribution is -0.116. The van der Waals surface area contributed by atoms with Crippen molar-refractivity contribution in [1.82, 2.24) is 5.16 Å². The predicted octanol–water partition coefficient (Wildman–Crippen LogP) is 1.11. The number of hydrogen-bond donors (Lipinski definition) is 0. The average molecular weight is 139 g/mol.